The summed E-state index contributed by atoms with van der Waals surface area (Å²) in [4.78, 5) is 0. The van der Waals surface area contributed by atoms with Crippen LogP contribution in [0.5, 0.6) is 0 Å². The molecule has 0 fully saturated rings. The van der Waals surface area contributed by atoms with Gasteiger partial charge >= 0.3 is 0 Å². The second-order valence-electron chi connectivity index (χ2n) is 3.92. The van der Waals surface area contributed by atoms with Gasteiger partial charge in [0.15, 0.2) is 0 Å². The highest BCUT2D eigenvalue weighted by Gasteiger charge is 2.09. The van der Waals surface area contributed by atoms with Gasteiger partial charge in [0, 0.05) is 10.5 Å². The Labute approximate surface area is 112 Å². The van der Waals surface area contributed by atoms with E-state index in [4.69, 9.17) is 11.5 Å². The van der Waals surface area contributed by atoms with Gasteiger partial charge in [-0.3, -0.25) is 0 Å². The summed E-state index contributed by atoms with van der Waals surface area (Å²) >= 11 is 3.55. The Hall–Kier alpha value is -0.0900. The van der Waals surface area contributed by atoms with Crippen molar-refractivity contribution in [2.75, 3.05) is 6.54 Å². The van der Waals surface area contributed by atoms with Crippen LogP contribution in [-0.4, -0.2) is 6.54 Å². The summed E-state index contributed by atoms with van der Waals surface area (Å²) in [6, 6.07) is 6.43. The molecule has 1 aromatic carbocycles. The number of unbranched alkanes of at least 4 members (excludes halogenated alkanes) is 1. The molecule has 16 heavy (non-hydrogen) atoms. The van der Waals surface area contributed by atoms with E-state index in [0.717, 1.165) is 30.3 Å². The maximum Gasteiger partial charge on any atom is 0.0306 e. The van der Waals surface area contributed by atoms with Crippen LogP contribution in [0.2, 0.25) is 0 Å². The summed E-state index contributed by atoms with van der Waals surface area (Å²) in [6.07, 6.45) is 3.15. The number of aryl methyl sites for hydroxylation is 1. The van der Waals surface area contributed by atoms with Gasteiger partial charge in [-0.25, -0.2) is 0 Å². The summed E-state index contributed by atoms with van der Waals surface area (Å²) in [5.41, 5.74) is 14.0. The number of nitrogens with two attached hydrogens (primary N) is 2. The van der Waals surface area contributed by atoms with Crippen LogP contribution >= 0.6 is 28.3 Å². The van der Waals surface area contributed by atoms with Gasteiger partial charge in [0.25, 0.3) is 0 Å². The first-order valence-electron chi connectivity index (χ1n) is 5.37. The lowest BCUT2D eigenvalue weighted by Gasteiger charge is -2.14. The minimum atomic E-state index is 0. The van der Waals surface area contributed by atoms with Crippen molar-refractivity contribution < 1.29 is 0 Å². The average molecular weight is 308 g/mol. The van der Waals surface area contributed by atoms with Crippen LogP contribution in [0.1, 0.15) is 36.4 Å². The Kier molecular flexibility index (Phi) is 8.02. The van der Waals surface area contributed by atoms with Gasteiger partial charge in [0.2, 0.25) is 0 Å². The lowest BCUT2D eigenvalue weighted by molar-refractivity contribution is 0.589. The topological polar surface area (TPSA) is 52.0 Å². The van der Waals surface area contributed by atoms with Gasteiger partial charge in [-0.2, -0.15) is 0 Å². The highest BCUT2D eigenvalue weighted by molar-refractivity contribution is 9.10. The third kappa shape index (κ3) is 4.83. The molecule has 1 atom stereocenters. The summed E-state index contributed by atoms with van der Waals surface area (Å²) in [5.74, 6) is 0. The minimum absolute atomic E-state index is 0. The van der Waals surface area contributed by atoms with Crippen molar-refractivity contribution in [1.82, 2.24) is 0 Å². The van der Waals surface area contributed by atoms with E-state index in [0.29, 0.717) is 0 Å². The Balaban J connectivity index is 0.00000225. The number of hydrogen-bond donors (Lipinski definition) is 2. The number of benzene rings is 1. The summed E-state index contributed by atoms with van der Waals surface area (Å²) < 4.78 is 1.11. The molecular formula is C12H20BrClN2. The van der Waals surface area contributed by atoms with Gasteiger partial charge < -0.3 is 11.5 Å². The van der Waals surface area contributed by atoms with Crippen LogP contribution in [0.4, 0.5) is 0 Å². The van der Waals surface area contributed by atoms with Crippen molar-refractivity contribution in [3.8, 4) is 0 Å². The molecule has 0 heterocycles. The molecule has 0 amide bonds. The molecule has 0 aliphatic heterocycles. The molecule has 4 heteroatoms. The van der Waals surface area contributed by atoms with Gasteiger partial charge in [-0.05, 0) is 43.5 Å². The summed E-state index contributed by atoms with van der Waals surface area (Å²) in [5, 5.41) is 0. The van der Waals surface area contributed by atoms with E-state index in [1.54, 1.807) is 0 Å². The van der Waals surface area contributed by atoms with Crippen molar-refractivity contribution in [3.63, 3.8) is 0 Å². The second kappa shape index (κ2) is 8.07. The van der Waals surface area contributed by atoms with Crippen molar-refractivity contribution in [1.29, 1.82) is 0 Å². The molecular weight excluding hydrogens is 288 g/mol. The largest absolute Gasteiger partial charge is 0.330 e. The minimum Gasteiger partial charge on any atom is -0.330 e. The van der Waals surface area contributed by atoms with Crippen LogP contribution < -0.4 is 11.5 Å². The molecule has 0 radical (unpaired) electrons. The van der Waals surface area contributed by atoms with Gasteiger partial charge in [-0.1, -0.05) is 34.5 Å². The van der Waals surface area contributed by atoms with E-state index in [2.05, 4.69) is 41.1 Å². The normalized spacial score (nSPS) is 12.0. The van der Waals surface area contributed by atoms with E-state index in [1.165, 1.54) is 11.1 Å². The number of hydrogen-bond acceptors (Lipinski definition) is 2. The van der Waals surface area contributed by atoms with E-state index in [-0.39, 0.29) is 18.4 Å². The van der Waals surface area contributed by atoms with Crippen molar-refractivity contribution >= 4 is 28.3 Å². The lowest BCUT2D eigenvalue weighted by Crippen LogP contribution is -2.11. The highest BCUT2D eigenvalue weighted by Crippen LogP contribution is 2.26. The molecule has 0 aliphatic rings. The van der Waals surface area contributed by atoms with Crippen LogP contribution in [0.3, 0.4) is 0 Å². The summed E-state index contributed by atoms with van der Waals surface area (Å²) in [7, 11) is 0. The first-order chi connectivity index (χ1) is 7.15. The zero-order chi connectivity index (χ0) is 11.3. The fourth-order valence-corrected chi connectivity index (χ4v) is 2.38. The number of rotatable bonds is 5. The predicted molar refractivity (Wildman–Crippen MR) is 76.0 cm³/mol. The maximum absolute atomic E-state index is 6.12. The first kappa shape index (κ1) is 15.9. The highest BCUT2D eigenvalue weighted by atomic mass is 79.9. The Morgan fingerprint density at radius 2 is 2.00 bits per heavy atom. The van der Waals surface area contributed by atoms with E-state index < -0.39 is 0 Å². The van der Waals surface area contributed by atoms with Crippen LogP contribution in [-0.2, 0) is 0 Å². The first-order valence-corrected chi connectivity index (χ1v) is 6.16. The molecule has 1 aromatic rings. The van der Waals surface area contributed by atoms with Crippen molar-refractivity contribution in [2.45, 2.75) is 32.2 Å². The lowest BCUT2D eigenvalue weighted by atomic mass is 10.0. The van der Waals surface area contributed by atoms with E-state index in [1.807, 2.05) is 0 Å². The van der Waals surface area contributed by atoms with Crippen LogP contribution in [0.15, 0.2) is 22.7 Å². The molecule has 0 saturated carbocycles. The Bertz CT molecular complexity index is 318. The van der Waals surface area contributed by atoms with Crippen LogP contribution in [0, 0.1) is 6.92 Å². The quantitative estimate of drug-likeness (QED) is 0.820. The van der Waals surface area contributed by atoms with Crippen LogP contribution in [0.25, 0.3) is 0 Å². The Morgan fingerprint density at radius 1 is 1.31 bits per heavy atom. The van der Waals surface area contributed by atoms with Gasteiger partial charge in [-0.15, -0.1) is 12.4 Å². The van der Waals surface area contributed by atoms with E-state index >= 15 is 0 Å². The number of halogens is 2. The third-order valence-corrected chi connectivity index (χ3v) is 3.21. The molecule has 92 valence electrons. The van der Waals surface area contributed by atoms with Crippen molar-refractivity contribution in [3.05, 3.63) is 33.8 Å². The molecule has 0 spiro atoms. The maximum atomic E-state index is 6.12. The van der Waals surface area contributed by atoms with Crippen molar-refractivity contribution in [2.24, 2.45) is 11.5 Å². The molecule has 2 nitrogen and oxygen atoms in total. The SMILES string of the molecule is Cc1ccc([C@@H](N)CCCCN)c(Br)c1.Cl. The molecule has 0 bridgehead atoms. The zero-order valence-electron chi connectivity index (χ0n) is 9.58. The fourth-order valence-electron chi connectivity index (χ4n) is 1.60. The smallest absolute Gasteiger partial charge is 0.0306 e. The molecule has 4 N–H and O–H groups in total. The predicted octanol–water partition coefficient (Wildman–Crippen LogP) is 3.31. The monoisotopic (exact) mass is 306 g/mol. The summed E-state index contributed by atoms with van der Waals surface area (Å²) in [6.45, 7) is 2.83. The molecule has 0 aliphatic carbocycles. The zero-order valence-corrected chi connectivity index (χ0v) is 12.0. The van der Waals surface area contributed by atoms with Gasteiger partial charge in [0.1, 0.15) is 0 Å². The standard InChI is InChI=1S/C12H19BrN2.ClH/c1-9-5-6-10(11(13)8-9)12(15)4-2-3-7-14;/h5-6,8,12H,2-4,7,14-15H2,1H3;1H/t12-;/m0./s1. The molecule has 1 rings (SSSR count). The Morgan fingerprint density at radius 3 is 2.56 bits per heavy atom. The van der Waals surface area contributed by atoms with E-state index in [9.17, 15) is 0 Å². The fraction of sp³-hybridized carbons (Fsp3) is 0.500. The average Bonchev–Trinajstić information content (AvgIpc) is 2.17. The third-order valence-electron chi connectivity index (χ3n) is 2.52. The molecule has 0 aromatic heterocycles. The second-order valence-corrected chi connectivity index (χ2v) is 4.77. The molecule has 0 saturated heterocycles. The molecule has 0 unspecified atom stereocenters. The van der Waals surface area contributed by atoms with Gasteiger partial charge in [0.05, 0.1) is 0 Å².